The van der Waals surface area contributed by atoms with Crippen LogP contribution in [0, 0.1) is 17.1 Å². The van der Waals surface area contributed by atoms with Gasteiger partial charge in [0.25, 0.3) is 0 Å². The van der Waals surface area contributed by atoms with Crippen LogP contribution in [0.25, 0.3) is 0 Å². The van der Waals surface area contributed by atoms with E-state index in [0.717, 1.165) is 5.56 Å². The van der Waals surface area contributed by atoms with Gasteiger partial charge in [-0.2, -0.15) is 5.26 Å². The van der Waals surface area contributed by atoms with Crippen molar-refractivity contribution in [3.05, 3.63) is 65.0 Å². The van der Waals surface area contributed by atoms with Crippen molar-refractivity contribution in [2.24, 2.45) is 0 Å². The minimum atomic E-state index is -0.344. The third-order valence-corrected chi connectivity index (χ3v) is 2.80. The molecule has 2 aromatic carbocycles. The molecule has 19 heavy (non-hydrogen) atoms. The maximum absolute atomic E-state index is 13.5. The molecule has 0 heterocycles. The second kappa shape index (κ2) is 5.98. The highest BCUT2D eigenvalue weighted by atomic mass is 19.1. The van der Waals surface area contributed by atoms with Gasteiger partial charge in [0.15, 0.2) is 0 Å². The van der Waals surface area contributed by atoms with Gasteiger partial charge >= 0.3 is 0 Å². The van der Waals surface area contributed by atoms with E-state index in [1.165, 1.54) is 18.2 Å². The zero-order chi connectivity index (χ0) is 13.7. The fourth-order valence-electron chi connectivity index (χ4n) is 1.77. The fourth-order valence-corrected chi connectivity index (χ4v) is 1.77. The molecule has 0 saturated carbocycles. The molecule has 2 N–H and O–H groups in total. The number of phenols is 1. The summed E-state index contributed by atoms with van der Waals surface area (Å²) >= 11 is 0. The molecule has 0 bridgehead atoms. The maximum Gasteiger partial charge on any atom is 0.127 e. The minimum absolute atomic E-state index is 0.209. The molecule has 2 aromatic rings. The van der Waals surface area contributed by atoms with Gasteiger partial charge in [-0.1, -0.05) is 18.2 Å². The van der Waals surface area contributed by atoms with Crippen molar-refractivity contribution in [1.29, 1.82) is 5.26 Å². The third kappa shape index (κ3) is 3.30. The summed E-state index contributed by atoms with van der Waals surface area (Å²) in [6, 6.07) is 13.2. The van der Waals surface area contributed by atoms with E-state index in [0.29, 0.717) is 24.2 Å². The smallest absolute Gasteiger partial charge is 0.127 e. The first-order valence-corrected chi connectivity index (χ1v) is 5.87. The van der Waals surface area contributed by atoms with E-state index in [2.05, 4.69) is 5.32 Å². The number of para-hydroxylation sites is 1. The quantitative estimate of drug-likeness (QED) is 0.884. The largest absolute Gasteiger partial charge is 0.508 e. The average molecular weight is 256 g/mol. The molecule has 0 fully saturated rings. The van der Waals surface area contributed by atoms with Crippen LogP contribution in [0.3, 0.4) is 0 Å². The molecule has 2 rings (SSSR count). The van der Waals surface area contributed by atoms with E-state index in [-0.39, 0.29) is 11.6 Å². The topological polar surface area (TPSA) is 56.0 Å². The molecule has 0 aliphatic carbocycles. The first-order valence-electron chi connectivity index (χ1n) is 5.87. The molecular weight excluding hydrogens is 243 g/mol. The standard InChI is InChI=1S/C15H13FN2O/c16-14-6-5-11(8-17)7-13(14)10-18-9-12-3-1-2-4-15(12)19/h1-7,18-19H,9-10H2. The highest BCUT2D eigenvalue weighted by Gasteiger charge is 2.04. The van der Waals surface area contributed by atoms with Crippen LogP contribution in [0.5, 0.6) is 5.75 Å². The van der Waals surface area contributed by atoms with Gasteiger partial charge in [0.2, 0.25) is 0 Å². The Balaban J connectivity index is 2.00. The van der Waals surface area contributed by atoms with Gasteiger partial charge in [0.05, 0.1) is 11.6 Å². The summed E-state index contributed by atoms with van der Waals surface area (Å²) in [7, 11) is 0. The molecule has 0 radical (unpaired) electrons. The van der Waals surface area contributed by atoms with Crippen LogP contribution < -0.4 is 5.32 Å². The molecule has 0 aromatic heterocycles. The summed E-state index contributed by atoms with van der Waals surface area (Å²) in [5.74, 6) is -0.134. The fraction of sp³-hybridized carbons (Fsp3) is 0.133. The van der Waals surface area contributed by atoms with E-state index in [9.17, 15) is 9.50 Å². The Labute approximate surface area is 110 Å². The molecule has 0 aliphatic heterocycles. The lowest BCUT2D eigenvalue weighted by Gasteiger charge is -2.08. The van der Waals surface area contributed by atoms with E-state index >= 15 is 0 Å². The first kappa shape index (κ1) is 13.1. The summed E-state index contributed by atoms with van der Waals surface area (Å²) in [5, 5.41) is 21.4. The first-order chi connectivity index (χ1) is 9.20. The van der Waals surface area contributed by atoms with Crippen LogP contribution in [0.1, 0.15) is 16.7 Å². The van der Waals surface area contributed by atoms with Crippen LogP contribution in [0.4, 0.5) is 4.39 Å². The highest BCUT2D eigenvalue weighted by molar-refractivity contribution is 5.34. The Morgan fingerprint density at radius 2 is 1.84 bits per heavy atom. The number of hydrogen-bond acceptors (Lipinski definition) is 3. The molecule has 0 aliphatic rings. The van der Waals surface area contributed by atoms with Crippen LogP contribution in [0.15, 0.2) is 42.5 Å². The number of nitriles is 1. The lowest BCUT2D eigenvalue weighted by Crippen LogP contribution is -2.14. The lowest BCUT2D eigenvalue weighted by atomic mass is 10.1. The molecule has 4 heteroatoms. The summed E-state index contributed by atoms with van der Waals surface area (Å²) in [6.07, 6.45) is 0. The van der Waals surface area contributed by atoms with Gasteiger partial charge in [-0.15, -0.1) is 0 Å². The Morgan fingerprint density at radius 1 is 1.11 bits per heavy atom. The number of nitrogens with zero attached hydrogens (tertiary/aromatic N) is 1. The predicted octanol–water partition coefficient (Wildman–Crippen LogP) is 2.69. The monoisotopic (exact) mass is 256 g/mol. The SMILES string of the molecule is N#Cc1ccc(F)c(CNCc2ccccc2O)c1. The Bertz CT molecular complexity index is 620. The molecule has 0 unspecified atom stereocenters. The lowest BCUT2D eigenvalue weighted by molar-refractivity contribution is 0.464. The van der Waals surface area contributed by atoms with Crippen molar-refractivity contribution in [3.8, 4) is 11.8 Å². The van der Waals surface area contributed by atoms with E-state index in [1.54, 1.807) is 18.2 Å². The van der Waals surface area contributed by atoms with Crippen LogP contribution in [0.2, 0.25) is 0 Å². The zero-order valence-corrected chi connectivity index (χ0v) is 10.2. The van der Waals surface area contributed by atoms with Crippen molar-refractivity contribution in [2.75, 3.05) is 0 Å². The van der Waals surface area contributed by atoms with Crippen molar-refractivity contribution >= 4 is 0 Å². The average Bonchev–Trinajstić information content (AvgIpc) is 2.43. The second-order valence-corrected chi connectivity index (χ2v) is 4.15. The summed E-state index contributed by atoms with van der Waals surface area (Å²) in [5.41, 5.74) is 1.62. The molecule has 3 nitrogen and oxygen atoms in total. The molecule has 0 saturated heterocycles. The normalized spacial score (nSPS) is 10.1. The van der Waals surface area contributed by atoms with Crippen molar-refractivity contribution < 1.29 is 9.50 Å². The number of hydrogen-bond donors (Lipinski definition) is 2. The Kier molecular flexibility index (Phi) is 4.11. The van der Waals surface area contributed by atoms with Crippen LogP contribution >= 0.6 is 0 Å². The van der Waals surface area contributed by atoms with E-state index in [1.807, 2.05) is 12.1 Å². The van der Waals surface area contributed by atoms with Gasteiger partial charge in [0.1, 0.15) is 11.6 Å². The van der Waals surface area contributed by atoms with Crippen LogP contribution in [-0.4, -0.2) is 5.11 Å². The number of rotatable bonds is 4. The highest BCUT2D eigenvalue weighted by Crippen LogP contribution is 2.15. The van der Waals surface area contributed by atoms with Gasteiger partial charge in [0, 0.05) is 24.2 Å². The molecular formula is C15H13FN2O. The summed E-state index contributed by atoms with van der Waals surface area (Å²) in [4.78, 5) is 0. The predicted molar refractivity (Wildman–Crippen MR) is 69.8 cm³/mol. The molecule has 96 valence electrons. The number of phenolic OH excluding ortho intramolecular Hbond substituents is 1. The summed E-state index contributed by atoms with van der Waals surface area (Å²) in [6.45, 7) is 0.735. The van der Waals surface area contributed by atoms with Gasteiger partial charge in [-0.25, -0.2) is 4.39 Å². The van der Waals surface area contributed by atoms with Gasteiger partial charge in [-0.3, -0.25) is 0 Å². The van der Waals surface area contributed by atoms with E-state index < -0.39 is 0 Å². The van der Waals surface area contributed by atoms with Crippen LogP contribution in [-0.2, 0) is 13.1 Å². The number of benzene rings is 2. The van der Waals surface area contributed by atoms with Crippen molar-refractivity contribution in [2.45, 2.75) is 13.1 Å². The molecule has 0 amide bonds. The van der Waals surface area contributed by atoms with E-state index in [4.69, 9.17) is 5.26 Å². The second-order valence-electron chi connectivity index (χ2n) is 4.15. The number of aromatic hydroxyl groups is 1. The Hall–Kier alpha value is -2.38. The van der Waals surface area contributed by atoms with Crippen molar-refractivity contribution in [3.63, 3.8) is 0 Å². The van der Waals surface area contributed by atoms with Crippen molar-refractivity contribution in [1.82, 2.24) is 5.32 Å². The van der Waals surface area contributed by atoms with Gasteiger partial charge < -0.3 is 10.4 Å². The maximum atomic E-state index is 13.5. The molecule has 0 atom stereocenters. The third-order valence-electron chi connectivity index (χ3n) is 2.80. The number of nitrogens with one attached hydrogen (secondary N) is 1. The summed E-state index contributed by atoms with van der Waals surface area (Å²) < 4.78 is 13.5. The number of halogens is 1. The Morgan fingerprint density at radius 3 is 2.58 bits per heavy atom. The minimum Gasteiger partial charge on any atom is -0.508 e. The molecule has 0 spiro atoms. The zero-order valence-electron chi connectivity index (χ0n) is 10.2. The van der Waals surface area contributed by atoms with Gasteiger partial charge in [-0.05, 0) is 24.3 Å².